The molecule has 2 aliphatic heterocycles. The van der Waals surface area contributed by atoms with Crippen molar-refractivity contribution in [3.63, 3.8) is 0 Å². The molecule has 38 heavy (non-hydrogen) atoms. The fraction of sp³-hybridized carbons (Fsp3) is 0.379. The number of hydrogen-bond donors (Lipinski definition) is 1. The predicted octanol–water partition coefficient (Wildman–Crippen LogP) is 5.16. The summed E-state index contributed by atoms with van der Waals surface area (Å²) in [7, 11) is 0. The molecule has 4 heterocycles. The van der Waals surface area contributed by atoms with Crippen LogP contribution < -0.4 is 10.2 Å². The van der Waals surface area contributed by atoms with Crippen LogP contribution in [-0.4, -0.2) is 41.5 Å². The number of fused-ring (bicyclic) bond motifs is 6. The topological polar surface area (TPSA) is 84.4 Å². The molecule has 9 heteroatoms. The van der Waals surface area contributed by atoms with E-state index < -0.39 is 17.5 Å². The molecule has 196 valence electrons. The molecule has 0 bridgehead atoms. The number of carbonyl (C=O) groups excluding carboxylic acids is 2. The lowest BCUT2D eigenvalue weighted by atomic mass is 9.54. The Morgan fingerprint density at radius 2 is 1.89 bits per heavy atom. The third-order valence-electron chi connectivity index (χ3n) is 8.14. The Morgan fingerprint density at radius 1 is 1.13 bits per heavy atom. The van der Waals surface area contributed by atoms with Crippen LogP contribution in [0, 0.1) is 24.7 Å². The SMILES string of the molecule is CCN1C(=O)[C@@H]2[C@H]3COC[C@H]3[C@@H]2c2cc(-c3cc(NC(=O)c4ccnc(C(C)(F)F)c4)ccc3C)cnc21. The van der Waals surface area contributed by atoms with Gasteiger partial charge in [0.1, 0.15) is 11.5 Å². The van der Waals surface area contributed by atoms with E-state index >= 15 is 0 Å². The number of nitrogens with one attached hydrogen (secondary N) is 1. The Balaban J connectivity index is 1.32. The van der Waals surface area contributed by atoms with Crippen LogP contribution in [0.1, 0.15) is 46.9 Å². The van der Waals surface area contributed by atoms with E-state index in [0.717, 1.165) is 41.1 Å². The average molecular weight is 519 g/mol. The number of nitrogens with zero attached hydrogens (tertiary/aromatic N) is 3. The van der Waals surface area contributed by atoms with E-state index in [2.05, 4.69) is 16.4 Å². The van der Waals surface area contributed by atoms with Crippen molar-refractivity contribution in [1.29, 1.82) is 0 Å². The van der Waals surface area contributed by atoms with E-state index in [1.54, 1.807) is 17.2 Å². The summed E-state index contributed by atoms with van der Waals surface area (Å²) < 4.78 is 33.1. The zero-order valence-corrected chi connectivity index (χ0v) is 21.4. The van der Waals surface area contributed by atoms with Gasteiger partial charge in [0, 0.05) is 60.1 Å². The molecule has 7 nitrogen and oxygen atoms in total. The lowest BCUT2D eigenvalue weighted by Crippen LogP contribution is -2.57. The number of anilines is 2. The van der Waals surface area contributed by atoms with Crippen LogP contribution in [-0.2, 0) is 15.5 Å². The van der Waals surface area contributed by atoms with Gasteiger partial charge in [0.05, 0.1) is 19.1 Å². The number of hydrogen-bond acceptors (Lipinski definition) is 5. The maximum absolute atomic E-state index is 13.7. The lowest BCUT2D eigenvalue weighted by Gasteiger charge is -2.52. The van der Waals surface area contributed by atoms with Crippen LogP contribution in [0.4, 0.5) is 20.3 Å². The number of ether oxygens (including phenoxy) is 1. The molecular formula is C29H28F2N4O3. The Hall–Kier alpha value is -3.72. The molecular weight excluding hydrogens is 490 g/mol. The van der Waals surface area contributed by atoms with Crippen LogP contribution in [0.5, 0.6) is 0 Å². The molecule has 1 N–H and O–H groups in total. The zero-order valence-electron chi connectivity index (χ0n) is 21.4. The number of aromatic nitrogens is 2. The Bertz CT molecular complexity index is 1450. The number of halogens is 2. The van der Waals surface area contributed by atoms with Crippen molar-refractivity contribution in [3.05, 3.63) is 71.2 Å². The molecule has 0 radical (unpaired) electrons. The van der Waals surface area contributed by atoms with Crippen molar-refractivity contribution in [1.82, 2.24) is 9.97 Å². The second-order valence-corrected chi connectivity index (χ2v) is 10.4. The first kappa shape index (κ1) is 24.6. The van der Waals surface area contributed by atoms with Crippen molar-refractivity contribution in [3.8, 4) is 11.1 Å². The van der Waals surface area contributed by atoms with Crippen molar-refractivity contribution < 1.29 is 23.1 Å². The van der Waals surface area contributed by atoms with E-state index in [9.17, 15) is 18.4 Å². The van der Waals surface area contributed by atoms with Gasteiger partial charge < -0.3 is 10.1 Å². The first-order valence-corrected chi connectivity index (χ1v) is 12.8. The number of aryl methyl sites for hydroxylation is 1. The smallest absolute Gasteiger partial charge is 0.286 e. The first-order chi connectivity index (χ1) is 18.2. The van der Waals surface area contributed by atoms with Crippen molar-refractivity contribution in [2.45, 2.75) is 32.6 Å². The van der Waals surface area contributed by atoms with E-state index in [1.807, 2.05) is 26.0 Å². The summed E-state index contributed by atoms with van der Waals surface area (Å²) >= 11 is 0. The summed E-state index contributed by atoms with van der Waals surface area (Å²) in [5.41, 5.74) is 4.02. The monoisotopic (exact) mass is 518 g/mol. The summed E-state index contributed by atoms with van der Waals surface area (Å²) in [4.78, 5) is 36.3. The molecule has 1 aromatic carbocycles. The molecule has 2 aromatic heterocycles. The highest BCUT2D eigenvalue weighted by atomic mass is 19.3. The zero-order chi connectivity index (χ0) is 26.8. The summed E-state index contributed by atoms with van der Waals surface area (Å²) in [5.74, 6) is -2.17. The van der Waals surface area contributed by atoms with E-state index in [4.69, 9.17) is 9.72 Å². The fourth-order valence-electron chi connectivity index (χ4n) is 6.18. The van der Waals surface area contributed by atoms with E-state index in [1.165, 1.54) is 12.3 Å². The minimum Gasteiger partial charge on any atom is -0.381 e. The Kier molecular flexibility index (Phi) is 5.79. The van der Waals surface area contributed by atoms with Gasteiger partial charge in [0.2, 0.25) is 5.91 Å². The number of pyridine rings is 2. The molecule has 1 saturated carbocycles. The second kappa shape index (κ2) is 8.94. The van der Waals surface area contributed by atoms with Crippen LogP contribution in [0.25, 0.3) is 11.1 Å². The van der Waals surface area contributed by atoms with Gasteiger partial charge in [0.15, 0.2) is 0 Å². The summed E-state index contributed by atoms with van der Waals surface area (Å²) in [6.45, 7) is 6.54. The lowest BCUT2D eigenvalue weighted by molar-refractivity contribution is -0.132. The summed E-state index contributed by atoms with van der Waals surface area (Å²) in [6, 6.07) is 10.2. The Morgan fingerprint density at radius 3 is 2.63 bits per heavy atom. The molecule has 1 saturated heterocycles. The van der Waals surface area contributed by atoms with Gasteiger partial charge in [0.25, 0.3) is 11.8 Å². The van der Waals surface area contributed by atoms with E-state index in [-0.39, 0.29) is 29.2 Å². The average Bonchev–Trinajstić information content (AvgIpc) is 3.28. The molecule has 6 rings (SSSR count). The maximum Gasteiger partial charge on any atom is 0.286 e. The van der Waals surface area contributed by atoms with Gasteiger partial charge in [-0.2, -0.15) is 8.78 Å². The maximum atomic E-state index is 13.7. The van der Waals surface area contributed by atoms with Crippen LogP contribution in [0.15, 0.2) is 48.8 Å². The van der Waals surface area contributed by atoms with Crippen LogP contribution in [0.2, 0.25) is 0 Å². The van der Waals surface area contributed by atoms with Gasteiger partial charge in [-0.05, 0) is 61.2 Å². The molecule has 0 unspecified atom stereocenters. The first-order valence-electron chi connectivity index (χ1n) is 12.8. The number of alkyl halides is 2. The molecule has 3 aromatic rings. The largest absolute Gasteiger partial charge is 0.381 e. The number of rotatable bonds is 5. The third-order valence-corrected chi connectivity index (χ3v) is 8.14. The van der Waals surface area contributed by atoms with Gasteiger partial charge in [-0.1, -0.05) is 6.07 Å². The highest BCUT2D eigenvalue weighted by Gasteiger charge is 2.60. The molecule has 0 spiro atoms. The van der Waals surface area contributed by atoms with Crippen LogP contribution in [0.3, 0.4) is 0 Å². The molecule has 2 amide bonds. The van der Waals surface area contributed by atoms with Gasteiger partial charge in [-0.25, -0.2) is 4.98 Å². The van der Waals surface area contributed by atoms with Gasteiger partial charge in [-0.3, -0.25) is 19.5 Å². The highest BCUT2D eigenvalue weighted by Crippen LogP contribution is 2.60. The van der Waals surface area contributed by atoms with Gasteiger partial charge in [-0.15, -0.1) is 0 Å². The molecule has 3 aliphatic rings. The number of benzene rings is 1. The van der Waals surface area contributed by atoms with E-state index in [0.29, 0.717) is 31.4 Å². The van der Waals surface area contributed by atoms with Crippen molar-refractivity contribution >= 4 is 23.3 Å². The highest BCUT2D eigenvalue weighted by molar-refractivity contribution is 6.04. The van der Waals surface area contributed by atoms with Crippen molar-refractivity contribution in [2.75, 3.05) is 30.0 Å². The summed E-state index contributed by atoms with van der Waals surface area (Å²) in [5, 5.41) is 2.81. The third kappa shape index (κ3) is 3.88. The summed E-state index contributed by atoms with van der Waals surface area (Å²) in [6.07, 6.45) is 2.97. The quantitative estimate of drug-likeness (QED) is 0.505. The molecule has 2 fully saturated rings. The van der Waals surface area contributed by atoms with Crippen molar-refractivity contribution in [2.24, 2.45) is 17.8 Å². The minimum absolute atomic E-state index is 0.0699. The number of carbonyl (C=O) groups is 2. The number of amides is 2. The van der Waals surface area contributed by atoms with Crippen LogP contribution >= 0.6 is 0 Å². The molecule has 1 aliphatic carbocycles. The minimum atomic E-state index is -3.14. The predicted molar refractivity (Wildman–Crippen MR) is 138 cm³/mol. The van der Waals surface area contributed by atoms with Gasteiger partial charge >= 0.3 is 0 Å². The normalized spacial score (nSPS) is 23.8. The fourth-order valence-corrected chi connectivity index (χ4v) is 6.18. The Labute approximate surface area is 219 Å². The second-order valence-electron chi connectivity index (χ2n) is 10.4. The molecule has 4 atom stereocenters. The standard InChI is InChI=1S/C29H28F2N4O3/c1-4-35-26-20(24-21-13-38-14-22(21)25(24)28(35)37)9-17(12-33-26)19-11-18(6-5-15(19)2)34-27(36)16-7-8-32-23(10-16)29(3,30)31/h5-12,21-22,24-25H,4,13-14H2,1-3H3,(H,34,36)/t21-,22+,24+,25-/m1/s1.